The first kappa shape index (κ1) is 32.9. The van der Waals surface area contributed by atoms with E-state index < -0.39 is 21.6 Å². The molecule has 0 aliphatic carbocycles. The van der Waals surface area contributed by atoms with Gasteiger partial charge in [0.1, 0.15) is 6.04 Å². The van der Waals surface area contributed by atoms with Crippen LogP contribution in [0, 0.1) is 20.8 Å². The van der Waals surface area contributed by atoms with Crippen molar-refractivity contribution in [2.75, 3.05) is 17.1 Å². The minimum atomic E-state index is -3.57. The Balaban J connectivity index is 1.92. The quantitative estimate of drug-likeness (QED) is 0.292. The van der Waals surface area contributed by atoms with E-state index >= 15 is 0 Å². The normalized spacial score (nSPS) is 12.5. The van der Waals surface area contributed by atoms with Gasteiger partial charge in [0.15, 0.2) is 0 Å². The number of aryl methyl sites for hydroxylation is 3. The molecule has 0 heterocycles. The second-order valence-corrected chi connectivity index (χ2v) is 14.1. The van der Waals surface area contributed by atoms with Gasteiger partial charge >= 0.3 is 0 Å². The largest absolute Gasteiger partial charge is 0.350 e. The molecule has 7 nitrogen and oxygen atoms in total. The van der Waals surface area contributed by atoms with E-state index in [1.807, 2.05) is 114 Å². The summed E-state index contributed by atoms with van der Waals surface area (Å²) in [5, 5.41) is 3.08. The second kappa shape index (κ2) is 14.0. The van der Waals surface area contributed by atoms with E-state index in [1.165, 1.54) is 10.6 Å². The van der Waals surface area contributed by atoms with Crippen molar-refractivity contribution in [1.29, 1.82) is 0 Å². The summed E-state index contributed by atoms with van der Waals surface area (Å²) in [5.74, 6) is -0.418. The molecule has 3 aromatic carbocycles. The van der Waals surface area contributed by atoms with Crippen molar-refractivity contribution >= 4 is 27.5 Å². The van der Waals surface area contributed by atoms with Gasteiger partial charge in [0.05, 0.1) is 11.9 Å². The lowest BCUT2D eigenvalue weighted by molar-refractivity contribution is -0.142. The number of anilines is 1. The lowest BCUT2D eigenvalue weighted by Crippen LogP contribution is -2.54. The number of rotatable bonds is 12. The number of hydrogen-bond donors (Lipinski definition) is 1. The van der Waals surface area contributed by atoms with Gasteiger partial charge in [-0.2, -0.15) is 0 Å². The predicted octanol–water partition coefficient (Wildman–Crippen LogP) is 5.71. The Morgan fingerprint density at radius 1 is 0.881 bits per heavy atom. The van der Waals surface area contributed by atoms with Crippen LogP contribution in [0.3, 0.4) is 0 Å². The number of carbonyl (C=O) groups excluding carboxylic acids is 2. The van der Waals surface area contributed by atoms with E-state index in [4.69, 9.17) is 0 Å². The fourth-order valence-corrected chi connectivity index (χ4v) is 6.03. The molecule has 2 amide bonds. The highest BCUT2D eigenvalue weighted by Crippen LogP contribution is 2.23. The highest BCUT2D eigenvalue weighted by Gasteiger charge is 2.32. The topological polar surface area (TPSA) is 86.8 Å². The van der Waals surface area contributed by atoms with E-state index in [1.54, 1.807) is 4.90 Å². The van der Waals surface area contributed by atoms with Gasteiger partial charge in [-0.1, -0.05) is 60.7 Å². The van der Waals surface area contributed by atoms with Crippen molar-refractivity contribution in [1.82, 2.24) is 10.2 Å². The molecule has 0 aliphatic rings. The second-order valence-electron chi connectivity index (χ2n) is 12.2. The Morgan fingerprint density at radius 2 is 1.48 bits per heavy atom. The number of carbonyl (C=O) groups is 2. The van der Waals surface area contributed by atoms with Crippen LogP contribution in [0.4, 0.5) is 5.69 Å². The maximum Gasteiger partial charge on any atom is 0.243 e. The minimum absolute atomic E-state index is 0.0940. The summed E-state index contributed by atoms with van der Waals surface area (Å²) in [5.41, 5.74) is 4.98. The third kappa shape index (κ3) is 9.72. The third-order valence-electron chi connectivity index (χ3n) is 7.02. The van der Waals surface area contributed by atoms with E-state index in [-0.39, 0.29) is 31.3 Å². The molecule has 1 N–H and O–H groups in total. The van der Waals surface area contributed by atoms with Crippen molar-refractivity contribution in [2.45, 2.75) is 78.9 Å². The predicted molar refractivity (Wildman–Crippen MR) is 171 cm³/mol. The van der Waals surface area contributed by atoms with Crippen molar-refractivity contribution in [3.05, 3.63) is 101 Å². The first-order valence-electron chi connectivity index (χ1n) is 14.4. The maximum atomic E-state index is 14.0. The first-order chi connectivity index (χ1) is 19.6. The highest BCUT2D eigenvalue weighted by atomic mass is 32.2. The van der Waals surface area contributed by atoms with Crippen LogP contribution >= 0.6 is 0 Å². The van der Waals surface area contributed by atoms with Crippen LogP contribution in [-0.4, -0.2) is 49.5 Å². The molecule has 0 spiro atoms. The molecule has 0 radical (unpaired) electrons. The number of hydrogen-bond acceptors (Lipinski definition) is 4. The summed E-state index contributed by atoms with van der Waals surface area (Å²) in [6.45, 7) is 12.0. The lowest BCUT2D eigenvalue weighted by atomic mass is 9.99. The Bertz CT molecular complexity index is 1460. The van der Waals surface area contributed by atoms with Crippen LogP contribution in [-0.2, 0) is 32.6 Å². The molecule has 226 valence electrons. The van der Waals surface area contributed by atoms with Gasteiger partial charge in [0, 0.05) is 31.5 Å². The van der Waals surface area contributed by atoms with Crippen molar-refractivity contribution in [2.24, 2.45) is 0 Å². The Morgan fingerprint density at radius 3 is 2.05 bits per heavy atom. The van der Waals surface area contributed by atoms with Crippen LogP contribution in [0.15, 0.2) is 72.8 Å². The zero-order valence-corrected chi connectivity index (χ0v) is 26.8. The van der Waals surface area contributed by atoms with Gasteiger partial charge < -0.3 is 10.2 Å². The SMILES string of the molecule is Cc1cc(C)cc(N(CCCC(=O)N(Cc2ccccc2C)C(Cc2ccccc2)C(=O)NC(C)(C)C)S(C)(=O)=O)c1. The zero-order valence-electron chi connectivity index (χ0n) is 26.0. The van der Waals surface area contributed by atoms with Gasteiger partial charge in [-0.15, -0.1) is 0 Å². The zero-order chi connectivity index (χ0) is 31.1. The van der Waals surface area contributed by atoms with Gasteiger partial charge in [-0.05, 0) is 87.9 Å². The molecule has 0 aromatic heterocycles. The monoisotopic (exact) mass is 591 g/mol. The summed E-state index contributed by atoms with van der Waals surface area (Å²) in [6, 6.07) is 22.5. The molecule has 0 aliphatic heterocycles. The number of nitrogens with zero attached hydrogens (tertiary/aromatic N) is 2. The molecular weight excluding hydrogens is 546 g/mol. The highest BCUT2D eigenvalue weighted by molar-refractivity contribution is 7.92. The first-order valence-corrected chi connectivity index (χ1v) is 16.2. The molecular formula is C34H45N3O4S. The van der Waals surface area contributed by atoms with E-state index in [2.05, 4.69) is 5.32 Å². The molecule has 42 heavy (non-hydrogen) atoms. The third-order valence-corrected chi connectivity index (χ3v) is 8.21. The van der Waals surface area contributed by atoms with Crippen LogP contribution < -0.4 is 9.62 Å². The number of benzene rings is 3. The van der Waals surface area contributed by atoms with Gasteiger partial charge in [-0.25, -0.2) is 8.42 Å². The number of amides is 2. The van der Waals surface area contributed by atoms with Gasteiger partial charge in [-0.3, -0.25) is 13.9 Å². The molecule has 0 saturated heterocycles. The summed E-state index contributed by atoms with van der Waals surface area (Å²) in [4.78, 5) is 29.4. The molecule has 3 aromatic rings. The van der Waals surface area contributed by atoms with Crippen LogP contribution in [0.1, 0.15) is 61.4 Å². The summed E-state index contributed by atoms with van der Waals surface area (Å²) in [7, 11) is -3.57. The minimum Gasteiger partial charge on any atom is -0.350 e. The van der Waals surface area contributed by atoms with E-state index in [9.17, 15) is 18.0 Å². The summed E-state index contributed by atoms with van der Waals surface area (Å²) in [6.07, 6.45) is 1.95. The van der Waals surface area contributed by atoms with Gasteiger partial charge in [0.25, 0.3) is 0 Å². The van der Waals surface area contributed by atoms with Crippen molar-refractivity contribution < 1.29 is 18.0 Å². The lowest BCUT2D eigenvalue weighted by Gasteiger charge is -2.34. The molecule has 0 saturated carbocycles. The van der Waals surface area contributed by atoms with Crippen molar-refractivity contribution in [3.8, 4) is 0 Å². The molecule has 3 rings (SSSR count). The maximum absolute atomic E-state index is 14.0. The molecule has 0 fully saturated rings. The fraction of sp³-hybridized carbons (Fsp3) is 0.412. The molecule has 0 bridgehead atoms. The van der Waals surface area contributed by atoms with Crippen LogP contribution in [0.5, 0.6) is 0 Å². The Kier molecular flexibility index (Phi) is 11.0. The number of nitrogens with one attached hydrogen (secondary N) is 1. The average molecular weight is 592 g/mol. The average Bonchev–Trinajstić information content (AvgIpc) is 2.87. The fourth-order valence-electron chi connectivity index (χ4n) is 5.08. The summed E-state index contributed by atoms with van der Waals surface area (Å²) < 4.78 is 26.9. The van der Waals surface area contributed by atoms with E-state index in [0.29, 0.717) is 18.5 Å². The molecule has 8 heteroatoms. The Labute approximate surface area is 252 Å². The van der Waals surface area contributed by atoms with E-state index in [0.717, 1.165) is 27.8 Å². The Hall–Kier alpha value is -3.65. The van der Waals surface area contributed by atoms with Gasteiger partial charge in [0.2, 0.25) is 21.8 Å². The van der Waals surface area contributed by atoms with Crippen molar-refractivity contribution in [3.63, 3.8) is 0 Å². The van der Waals surface area contributed by atoms with Crippen LogP contribution in [0.25, 0.3) is 0 Å². The standard InChI is InChI=1S/C34H45N3O4S/c1-25-20-26(2)22-30(21-25)37(42(7,40)41)19-13-18-32(38)36(24-29-17-12-11-14-27(29)3)31(33(39)35-34(4,5)6)23-28-15-9-8-10-16-28/h8-12,14-17,20-22,31H,13,18-19,23-24H2,1-7H3,(H,35,39). The van der Waals surface area contributed by atoms with Crippen LogP contribution in [0.2, 0.25) is 0 Å². The smallest absolute Gasteiger partial charge is 0.243 e. The summed E-state index contributed by atoms with van der Waals surface area (Å²) >= 11 is 0. The molecule has 1 atom stereocenters. The molecule has 1 unspecified atom stereocenters. The number of sulfonamides is 1.